The van der Waals surface area contributed by atoms with Crippen molar-refractivity contribution >= 4 is 41.6 Å². The van der Waals surface area contributed by atoms with Gasteiger partial charge in [-0.05, 0) is 66.9 Å². The minimum atomic E-state index is -1.52. The van der Waals surface area contributed by atoms with E-state index in [1.807, 2.05) is 68.8 Å². The second-order valence-electron chi connectivity index (χ2n) is 12.6. The van der Waals surface area contributed by atoms with Crippen molar-refractivity contribution in [2.45, 2.75) is 96.9 Å². The fraction of sp³-hybridized carbons (Fsp3) is 0.517. The van der Waals surface area contributed by atoms with Gasteiger partial charge in [0.05, 0.1) is 29.3 Å². The van der Waals surface area contributed by atoms with Gasteiger partial charge in [0.1, 0.15) is 17.6 Å². The van der Waals surface area contributed by atoms with Crippen LogP contribution < -0.4 is 10.4 Å². The van der Waals surface area contributed by atoms with Crippen LogP contribution in [0.5, 0.6) is 0 Å². The molecule has 2 aromatic heterocycles. The average Bonchev–Trinajstić information content (AvgIpc) is 3.31. The minimum absolute atomic E-state index is 0.0389. The fourth-order valence-corrected chi connectivity index (χ4v) is 4.95. The van der Waals surface area contributed by atoms with E-state index in [2.05, 4.69) is 9.97 Å². The minimum Gasteiger partial charge on any atom is -0.464 e. The zero-order valence-electron chi connectivity index (χ0n) is 24.6. The van der Waals surface area contributed by atoms with E-state index in [1.165, 1.54) is 6.33 Å². The van der Waals surface area contributed by atoms with Crippen molar-refractivity contribution in [1.29, 1.82) is 0 Å². The molecule has 0 spiro atoms. The number of rotatable bonds is 6. The van der Waals surface area contributed by atoms with Gasteiger partial charge in [-0.1, -0.05) is 30.3 Å². The Morgan fingerprint density at radius 1 is 1.10 bits per heavy atom. The molecule has 218 valence electrons. The highest BCUT2D eigenvalue weighted by Crippen LogP contribution is 2.41. The van der Waals surface area contributed by atoms with Gasteiger partial charge in [-0.2, -0.15) is 4.90 Å². The summed E-state index contributed by atoms with van der Waals surface area (Å²) in [5, 5.41) is 10.5. The molecule has 1 saturated heterocycles. The number of carboxylic acid groups (broad SMARTS) is 1. The lowest BCUT2D eigenvalue weighted by Crippen LogP contribution is -2.42. The lowest BCUT2D eigenvalue weighted by molar-refractivity contribution is -0.0347. The lowest BCUT2D eigenvalue weighted by Gasteiger charge is -2.36. The van der Waals surface area contributed by atoms with Crippen LogP contribution in [0.1, 0.15) is 72.9 Å². The summed E-state index contributed by atoms with van der Waals surface area (Å²) in [6, 6.07) is 10.0. The summed E-state index contributed by atoms with van der Waals surface area (Å²) in [6.45, 7) is 13.3. The molecule has 2 fully saturated rings. The Hall–Kier alpha value is -3.48. The third-order valence-electron chi connectivity index (χ3n) is 7.90. The van der Waals surface area contributed by atoms with Gasteiger partial charge in [0.2, 0.25) is 0 Å². The molecule has 0 radical (unpaired) electrons. The van der Waals surface area contributed by atoms with E-state index in [-0.39, 0.29) is 18.0 Å². The first-order valence-electron chi connectivity index (χ1n) is 13.8. The van der Waals surface area contributed by atoms with Gasteiger partial charge in [0.15, 0.2) is 5.82 Å². The van der Waals surface area contributed by atoms with Crippen molar-refractivity contribution in [2.75, 3.05) is 4.90 Å². The number of aromatic nitrogens is 3. The number of amides is 2. The summed E-state index contributed by atoms with van der Waals surface area (Å²) in [4.78, 5) is 34.8. The number of carbonyl (C=O) groups is 2. The average molecular weight is 564 g/mol. The highest BCUT2D eigenvalue weighted by atomic mass is 16.7. The first kappa shape index (κ1) is 29.0. The van der Waals surface area contributed by atoms with Crippen LogP contribution >= 0.6 is 0 Å². The maximum atomic E-state index is 13.1. The second-order valence-corrected chi connectivity index (χ2v) is 12.6. The zero-order chi connectivity index (χ0) is 29.7. The van der Waals surface area contributed by atoms with Crippen LogP contribution in [-0.4, -0.2) is 61.9 Å². The number of nitrogens with zero attached hydrogens (tertiary/aromatic N) is 4. The summed E-state index contributed by atoms with van der Waals surface area (Å²) >= 11 is 0. The maximum absolute atomic E-state index is 13.1. The van der Waals surface area contributed by atoms with Crippen LogP contribution in [0.2, 0.25) is 0 Å². The maximum Gasteiger partial charge on any atom is 0.497 e. The molecular formula is C29H37BN4O7. The van der Waals surface area contributed by atoms with Crippen molar-refractivity contribution < 1.29 is 33.5 Å². The topological polar surface area (TPSA) is 125 Å². The Balaban J connectivity index is 1.52. The zero-order valence-corrected chi connectivity index (χ0v) is 24.6. The molecule has 0 unspecified atom stereocenters. The molecule has 2 amide bonds. The fourth-order valence-electron chi connectivity index (χ4n) is 4.95. The van der Waals surface area contributed by atoms with Gasteiger partial charge < -0.3 is 28.5 Å². The van der Waals surface area contributed by atoms with Crippen molar-refractivity contribution in [3.05, 3.63) is 48.4 Å². The van der Waals surface area contributed by atoms with Gasteiger partial charge in [-0.15, -0.1) is 0 Å². The summed E-state index contributed by atoms with van der Waals surface area (Å²) in [5.74, 6) is -0.114. The quantitative estimate of drug-likeness (QED) is 0.409. The highest BCUT2D eigenvalue weighted by Gasteiger charge is 2.53. The second kappa shape index (κ2) is 10.4. The number of ether oxygens (including phenoxy) is 2. The smallest absolute Gasteiger partial charge is 0.464 e. The van der Waals surface area contributed by atoms with Gasteiger partial charge in [-0.3, -0.25) is 0 Å². The first-order valence-corrected chi connectivity index (χ1v) is 13.8. The standard InChI is InChI=1S/C29H37BN4O7/c1-27(2,3)39-26(37)34(25(35)36)24-22-21(30-40-28(4,5)29(6,7)41-30)15-33(23(22)31-17-32-24)19-13-20(14-19)38-16-18-11-9-8-10-12-18/h8-12,15,17,19-20H,13-14,16H2,1-7H3,(H,35,36). The number of hydrogen-bond donors (Lipinski definition) is 1. The van der Waals surface area contributed by atoms with Gasteiger partial charge in [0.25, 0.3) is 0 Å². The molecule has 12 heteroatoms. The van der Waals surface area contributed by atoms with Crippen molar-refractivity contribution in [3.63, 3.8) is 0 Å². The lowest BCUT2D eigenvalue weighted by atomic mass is 9.79. The van der Waals surface area contributed by atoms with Crippen LogP contribution in [-0.2, 0) is 25.4 Å². The SMILES string of the molecule is CC(C)(C)OC(=O)N(C(=O)O)c1ncnc2c1c(B1OC(C)(C)C(C)(C)O1)cn2C1CC(OCc2ccccc2)C1. The van der Waals surface area contributed by atoms with E-state index in [4.69, 9.17) is 18.8 Å². The molecule has 3 aromatic rings. The molecule has 0 bridgehead atoms. The molecular weight excluding hydrogens is 527 g/mol. The summed E-state index contributed by atoms with van der Waals surface area (Å²) in [7, 11) is -0.840. The molecule has 1 N–H and O–H groups in total. The van der Waals surface area contributed by atoms with E-state index in [0.29, 0.717) is 28.0 Å². The van der Waals surface area contributed by atoms with Crippen LogP contribution in [0, 0.1) is 0 Å². The van der Waals surface area contributed by atoms with Gasteiger partial charge in [-0.25, -0.2) is 19.6 Å². The molecule has 1 aromatic carbocycles. The normalized spacial score (nSPS) is 21.5. The summed E-state index contributed by atoms with van der Waals surface area (Å²) < 4.78 is 26.2. The molecule has 2 aliphatic rings. The number of benzene rings is 1. The number of imide groups is 1. The number of anilines is 1. The number of hydrogen-bond acceptors (Lipinski definition) is 8. The Morgan fingerprint density at radius 2 is 1.73 bits per heavy atom. The molecule has 1 aliphatic carbocycles. The van der Waals surface area contributed by atoms with Gasteiger partial charge >= 0.3 is 19.3 Å². The van der Waals surface area contributed by atoms with E-state index in [0.717, 1.165) is 18.4 Å². The molecule has 11 nitrogen and oxygen atoms in total. The molecule has 3 heterocycles. The number of carbonyl (C=O) groups excluding carboxylic acids is 1. The molecule has 0 atom stereocenters. The van der Waals surface area contributed by atoms with Crippen LogP contribution in [0.15, 0.2) is 42.9 Å². The van der Waals surface area contributed by atoms with Crippen molar-refractivity contribution in [2.24, 2.45) is 0 Å². The largest absolute Gasteiger partial charge is 0.497 e. The predicted molar refractivity (Wildman–Crippen MR) is 153 cm³/mol. The molecule has 41 heavy (non-hydrogen) atoms. The van der Waals surface area contributed by atoms with Crippen LogP contribution in [0.4, 0.5) is 15.4 Å². The van der Waals surface area contributed by atoms with E-state index >= 15 is 0 Å². The van der Waals surface area contributed by atoms with E-state index < -0.39 is 36.1 Å². The Kier molecular flexibility index (Phi) is 7.38. The molecule has 1 saturated carbocycles. The van der Waals surface area contributed by atoms with Crippen LogP contribution in [0.3, 0.4) is 0 Å². The molecule has 1 aliphatic heterocycles. The Labute approximate surface area is 239 Å². The number of fused-ring (bicyclic) bond motifs is 1. The van der Waals surface area contributed by atoms with E-state index in [1.54, 1.807) is 20.8 Å². The Morgan fingerprint density at radius 3 is 2.32 bits per heavy atom. The molecule has 5 rings (SSSR count). The van der Waals surface area contributed by atoms with E-state index in [9.17, 15) is 14.7 Å². The van der Waals surface area contributed by atoms with Crippen LogP contribution in [0.25, 0.3) is 11.0 Å². The third kappa shape index (κ3) is 5.68. The van der Waals surface area contributed by atoms with Crippen molar-refractivity contribution in [1.82, 2.24) is 14.5 Å². The first-order chi connectivity index (χ1) is 19.2. The highest BCUT2D eigenvalue weighted by molar-refractivity contribution is 6.65. The summed E-state index contributed by atoms with van der Waals surface area (Å²) in [6.07, 6.45) is 2.10. The third-order valence-corrected chi connectivity index (χ3v) is 7.90. The van der Waals surface area contributed by atoms with Gasteiger partial charge in [0, 0.05) is 17.7 Å². The summed E-state index contributed by atoms with van der Waals surface area (Å²) in [5.41, 5.74) is -0.0888. The Bertz CT molecular complexity index is 1430. The van der Waals surface area contributed by atoms with Crippen molar-refractivity contribution in [3.8, 4) is 0 Å². The predicted octanol–water partition coefficient (Wildman–Crippen LogP) is 5.07. The monoisotopic (exact) mass is 564 g/mol.